The molecule has 0 saturated carbocycles. The van der Waals surface area contributed by atoms with E-state index in [0.29, 0.717) is 36.2 Å². The average Bonchev–Trinajstić information content (AvgIpc) is 2.99. The summed E-state index contributed by atoms with van der Waals surface area (Å²) in [7, 11) is 4.67. The summed E-state index contributed by atoms with van der Waals surface area (Å²) in [5.41, 5.74) is 0.805. The van der Waals surface area contributed by atoms with Crippen molar-refractivity contribution in [1.82, 2.24) is 4.90 Å². The van der Waals surface area contributed by atoms with Gasteiger partial charge in [0.05, 0.1) is 40.1 Å². The van der Waals surface area contributed by atoms with Crippen LogP contribution in [0.1, 0.15) is 24.3 Å². The summed E-state index contributed by atoms with van der Waals surface area (Å²) >= 11 is 1.49. The van der Waals surface area contributed by atoms with E-state index < -0.39 is 0 Å². The maximum Gasteiger partial charge on any atom is 0.307 e. The third kappa shape index (κ3) is 4.31. The van der Waals surface area contributed by atoms with E-state index >= 15 is 0 Å². The lowest BCUT2D eigenvalue weighted by molar-refractivity contribution is -0.143. The Labute approximate surface area is 151 Å². The average molecular weight is 369 g/mol. The molecule has 0 spiro atoms. The SMILES string of the molecule is CCOC(=O)CCN1C(=O)CSC1c1cc(OC)c(OC)cc1OC. The molecule has 1 aromatic rings. The van der Waals surface area contributed by atoms with Crippen LogP contribution >= 0.6 is 11.8 Å². The van der Waals surface area contributed by atoms with Crippen LogP contribution in [0.3, 0.4) is 0 Å². The van der Waals surface area contributed by atoms with E-state index in [1.807, 2.05) is 6.07 Å². The second-order valence-corrected chi connectivity index (χ2v) is 6.32. The minimum atomic E-state index is -0.315. The van der Waals surface area contributed by atoms with Gasteiger partial charge in [-0.2, -0.15) is 0 Å². The van der Waals surface area contributed by atoms with Gasteiger partial charge in [0.1, 0.15) is 11.1 Å². The predicted octanol–water partition coefficient (Wildman–Crippen LogP) is 2.24. The van der Waals surface area contributed by atoms with Crippen LogP contribution in [0.2, 0.25) is 0 Å². The molecule has 25 heavy (non-hydrogen) atoms. The van der Waals surface area contributed by atoms with Crippen molar-refractivity contribution in [3.8, 4) is 17.2 Å². The lowest BCUT2D eigenvalue weighted by atomic mass is 10.1. The molecule has 0 radical (unpaired) electrons. The lowest BCUT2D eigenvalue weighted by Crippen LogP contribution is -2.31. The number of rotatable bonds is 8. The van der Waals surface area contributed by atoms with Crippen molar-refractivity contribution in [1.29, 1.82) is 0 Å². The van der Waals surface area contributed by atoms with Crippen LogP contribution in [-0.4, -0.2) is 57.0 Å². The summed E-state index contributed by atoms with van der Waals surface area (Å²) < 4.78 is 21.1. The Hall–Kier alpha value is -2.09. The van der Waals surface area contributed by atoms with E-state index in [-0.39, 0.29) is 23.7 Å². The molecule has 7 nitrogen and oxygen atoms in total. The third-order valence-corrected chi connectivity index (χ3v) is 5.07. The number of amides is 1. The fourth-order valence-corrected chi connectivity index (χ4v) is 3.88. The number of carbonyl (C=O) groups is 2. The normalized spacial score (nSPS) is 16.7. The van der Waals surface area contributed by atoms with E-state index in [9.17, 15) is 9.59 Å². The van der Waals surface area contributed by atoms with Gasteiger partial charge < -0.3 is 23.8 Å². The highest BCUT2D eigenvalue weighted by Gasteiger charge is 2.35. The summed E-state index contributed by atoms with van der Waals surface area (Å²) in [6, 6.07) is 3.55. The van der Waals surface area contributed by atoms with E-state index in [0.717, 1.165) is 5.56 Å². The number of carbonyl (C=O) groups excluding carboxylic acids is 2. The Morgan fingerprint density at radius 1 is 1.16 bits per heavy atom. The molecular weight excluding hydrogens is 346 g/mol. The molecule has 1 fully saturated rings. The molecule has 1 heterocycles. The molecule has 1 amide bonds. The first-order chi connectivity index (χ1) is 12.0. The quantitative estimate of drug-likeness (QED) is 0.651. The number of ether oxygens (including phenoxy) is 4. The molecule has 2 rings (SSSR count). The van der Waals surface area contributed by atoms with E-state index in [4.69, 9.17) is 18.9 Å². The van der Waals surface area contributed by atoms with Gasteiger partial charge in [0.2, 0.25) is 5.91 Å². The molecule has 138 valence electrons. The monoisotopic (exact) mass is 369 g/mol. The summed E-state index contributed by atoms with van der Waals surface area (Å²) in [6.45, 7) is 2.38. The molecule has 1 unspecified atom stereocenters. The predicted molar refractivity (Wildman–Crippen MR) is 94.3 cm³/mol. The highest BCUT2D eigenvalue weighted by atomic mass is 32.2. The first-order valence-corrected chi connectivity index (χ1v) is 8.97. The lowest BCUT2D eigenvalue weighted by Gasteiger charge is -2.26. The van der Waals surface area contributed by atoms with Crippen molar-refractivity contribution < 1.29 is 28.5 Å². The Kier molecular flexibility index (Phi) is 6.81. The first-order valence-electron chi connectivity index (χ1n) is 7.92. The Bertz CT molecular complexity index is 636. The van der Waals surface area contributed by atoms with Gasteiger partial charge in [0.25, 0.3) is 0 Å². The first kappa shape index (κ1) is 19.2. The third-order valence-electron chi connectivity index (χ3n) is 3.83. The zero-order chi connectivity index (χ0) is 18.4. The molecule has 0 bridgehead atoms. The molecule has 1 saturated heterocycles. The van der Waals surface area contributed by atoms with Gasteiger partial charge in [0, 0.05) is 18.2 Å². The second kappa shape index (κ2) is 8.84. The number of esters is 1. The standard InChI is InChI=1S/C17H23NO6S/c1-5-24-16(20)6-7-18-15(19)10-25-17(18)11-8-13(22-3)14(23-4)9-12(11)21-2/h8-9,17H,5-7,10H2,1-4H3. The minimum Gasteiger partial charge on any atom is -0.496 e. The van der Waals surface area contributed by atoms with Gasteiger partial charge in [-0.15, -0.1) is 11.8 Å². The van der Waals surface area contributed by atoms with Crippen LogP contribution in [0.5, 0.6) is 17.2 Å². The fourth-order valence-electron chi connectivity index (χ4n) is 2.64. The van der Waals surface area contributed by atoms with Gasteiger partial charge in [-0.25, -0.2) is 0 Å². The highest BCUT2D eigenvalue weighted by molar-refractivity contribution is 8.00. The fraction of sp³-hybridized carbons (Fsp3) is 0.529. The smallest absolute Gasteiger partial charge is 0.307 e. The van der Waals surface area contributed by atoms with Gasteiger partial charge in [0.15, 0.2) is 11.5 Å². The number of thioether (sulfide) groups is 1. The van der Waals surface area contributed by atoms with E-state index in [1.165, 1.54) is 11.8 Å². The molecule has 1 atom stereocenters. The van der Waals surface area contributed by atoms with Crippen molar-refractivity contribution in [2.75, 3.05) is 40.2 Å². The van der Waals surface area contributed by atoms with Gasteiger partial charge in [-0.3, -0.25) is 9.59 Å². The van der Waals surface area contributed by atoms with Crippen LogP contribution in [0.25, 0.3) is 0 Å². The minimum absolute atomic E-state index is 0.0175. The van der Waals surface area contributed by atoms with Crippen LogP contribution in [0, 0.1) is 0 Å². The Balaban J connectivity index is 2.28. The van der Waals surface area contributed by atoms with E-state index in [2.05, 4.69) is 0 Å². The second-order valence-electron chi connectivity index (χ2n) is 5.25. The van der Waals surface area contributed by atoms with Gasteiger partial charge in [-0.05, 0) is 13.0 Å². The number of benzene rings is 1. The molecule has 0 N–H and O–H groups in total. The van der Waals surface area contributed by atoms with Crippen LogP contribution in [0.4, 0.5) is 0 Å². The Morgan fingerprint density at radius 2 is 1.80 bits per heavy atom. The van der Waals surface area contributed by atoms with Crippen molar-refractivity contribution >= 4 is 23.6 Å². The Morgan fingerprint density at radius 3 is 2.40 bits per heavy atom. The van der Waals surface area contributed by atoms with Crippen LogP contribution in [-0.2, 0) is 14.3 Å². The number of hydrogen-bond acceptors (Lipinski definition) is 7. The molecule has 1 aliphatic rings. The zero-order valence-electron chi connectivity index (χ0n) is 14.9. The number of methoxy groups -OCH3 is 3. The summed E-state index contributed by atoms with van der Waals surface area (Å²) in [4.78, 5) is 25.6. The van der Waals surface area contributed by atoms with E-state index in [1.54, 1.807) is 39.2 Å². The number of nitrogens with zero attached hydrogens (tertiary/aromatic N) is 1. The van der Waals surface area contributed by atoms with Crippen molar-refractivity contribution in [3.05, 3.63) is 17.7 Å². The summed E-state index contributed by atoms with van der Waals surface area (Å²) in [5.74, 6) is 1.73. The van der Waals surface area contributed by atoms with Crippen LogP contribution in [0.15, 0.2) is 12.1 Å². The largest absolute Gasteiger partial charge is 0.496 e. The van der Waals surface area contributed by atoms with Gasteiger partial charge in [-0.1, -0.05) is 0 Å². The number of hydrogen-bond donors (Lipinski definition) is 0. The molecule has 1 aliphatic heterocycles. The van der Waals surface area contributed by atoms with Crippen LogP contribution < -0.4 is 14.2 Å². The molecule has 1 aromatic carbocycles. The van der Waals surface area contributed by atoms with Crippen molar-refractivity contribution in [2.24, 2.45) is 0 Å². The van der Waals surface area contributed by atoms with Crippen molar-refractivity contribution in [3.63, 3.8) is 0 Å². The molecule has 0 aliphatic carbocycles. The van der Waals surface area contributed by atoms with Crippen molar-refractivity contribution in [2.45, 2.75) is 18.7 Å². The topological polar surface area (TPSA) is 74.3 Å². The summed E-state index contributed by atoms with van der Waals surface area (Å²) in [6.07, 6.45) is 0.159. The molecule has 0 aromatic heterocycles. The highest BCUT2D eigenvalue weighted by Crippen LogP contribution is 2.46. The maximum atomic E-state index is 12.3. The maximum absolute atomic E-state index is 12.3. The summed E-state index contributed by atoms with van der Waals surface area (Å²) in [5, 5.41) is -0.253. The van der Waals surface area contributed by atoms with Gasteiger partial charge >= 0.3 is 5.97 Å². The molecular formula is C17H23NO6S. The molecule has 8 heteroatoms. The zero-order valence-corrected chi connectivity index (χ0v) is 15.7.